The molecule has 1 aliphatic carbocycles. The van der Waals surface area contributed by atoms with Crippen LogP contribution in [0.25, 0.3) is 0 Å². The Bertz CT molecular complexity index is 533. The lowest BCUT2D eigenvalue weighted by atomic mass is 9.67. The highest BCUT2D eigenvalue weighted by Gasteiger charge is 2.36. The Morgan fingerprint density at radius 2 is 1.93 bits per heavy atom. The maximum absolute atomic E-state index is 12.6. The molecular weight excluding hydrogens is 483 g/mol. The molecule has 1 aliphatic heterocycles. The minimum absolute atomic E-state index is 0. The number of carbonyl (C=O) groups excluding carboxylic acids is 1. The smallest absolute Gasteiger partial charge is 0.410 e. The van der Waals surface area contributed by atoms with Crippen LogP contribution in [0, 0.1) is 5.41 Å². The molecule has 2 aliphatic rings. The summed E-state index contributed by atoms with van der Waals surface area (Å²) in [6, 6.07) is 0.133. The molecule has 170 valence electrons. The van der Waals surface area contributed by atoms with Crippen molar-refractivity contribution in [2.24, 2.45) is 10.4 Å². The van der Waals surface area contributed by atoms with Crippen LogP contribution in [0.15, 0.2) is 4.99 Å². The third kappa shape index (κ3) is 8.47. The summed E-state index contributed by atoms with van der Waals surface area (Å²) in [5.74, 6) is 0.804. The second-order valence-corrected chi connectivity index (χ2v) is 9.23. The van der Waals surface area contributed by atoms with E-state index in [4.69, 9.17) is 9.47 Å². The molecule has 2 fully saturated rings. The van der Waals surface area contributed by atoms with Crippen molar-refractivity contribution >= 4 is 36.0 Å². The summed E-state index contributed by atoms with van der Waals surface area (Å²) in [5.41, 5.74) is -0.135. The normalized spacial score (nSPS) is 21.6. The molecule has 0 aromatic heterocycles. The van der Waals surface area contributed by atoms with Gasteiger partial charge in [0.1, 0.15) is 5.60 Å². The van der Waals surface area contributed by atoms with Gasteiger partial charge in [0.2, 0.25) is 0 Å². The summed E-state index contributed by atoms with van der Waals surface area (Å²) in [5, 5.41) is 6.91. The van der Waals surface area contributed by atoms with Crippen molar-refractivity contribution in [3.8, 4) is 0 Å². The van der Waals surface area contributed by atoms with Crippen molar-refractivity contribution in [2.45, 2.75) is 77.4 Å². The van der Waals surface area contributed by atoms with Gasteiger partial charge in [-0.2, -0.15) is 0 Å². The molecule has 0 aromatic rings. The molecule has 1 atom stereocenters. The number of ether oxygens (including phenoxy) is 2. The topological polar surface area (TPSA) is 75.2 Å². The summed E-state index contributed by atoms with van der Waals surface area (Å²) in [7, 11) is 3.56. The maximum Gasteiger partial charge on any atom is 0.410 e. The van der Waals surface area contributed by atoms with Gasteiger partial charge in [-0.15, -0.1) is 24.0 Å². The molecule has 29 heavy (non-hydrogen) atoms. The number of nitrogens with one attached hydrogen (secondary N) is 2. The number of halogens is 1. The number of piperidine rings is 1. The summed E-state index contributed by atoms with van der Waals surface area (Å²) >= 11 is 0. The van der Waals surface area contributed by atoms with E-state index in [-0.39, 0.29) is 36.1 Å². The molecule has 0 spiro atoms. The van der Waals surface area contributed by atoms with Gasteiger partial charge in [-0.1, -0.05) is 6.42 Å². The summed E-state index contributed by atoms with van der Waals surface area (Å²) < 4.78 is 10.9. The van der Waals surface area contributed by atoms with E-state index >= 15 is 0 Å². The second kappa shape index (κ2) is 12.2. The van der Waals surface area contributed by atoms with Crippen molar-refractivity contribution in [3.63, 3.8) is 0 Å². The number of amides is 1. The lowest BCUT2D eigenvalue weighted by Gasteiger charge is -2.42. The third-order valence-corrected chi connectivity index (χ3v) is 5.87. The van der Waals surface area contributed by atoms with E-state index in [2.05, 4.69) is 15.6 Å². The second-order valence-electron chi connectivity index (χ2n) is 9.23. The van der Waals surface area contributed by atoms with E-state index in [1.165, 1.54) is 19.3 Å². The molecule has 0 aromatic carbocycles. The number of likely N-dealkylation sites (tertiary alicyclic amines) is 1. The van der Waals surface area contributed by atoms with Crippen LogP contribution in [0.2, 0.25) is 0 Å². The van der Waals surface area contributed by atoms with Gasteiger partial charge in [0.05, 0.1) is 6.04 Å². The van der Waals surface area contributed by atoms with Crippen LogP contribution in [-0.2, 0) is 9.47 Å². The highest BCUT2D eigenvalue weighted by molar-refractivity contribution is 14.0. The van der Waals surface area contributed by atoms with Gasteiger partial charge in [-0.05, 0) is 64.7 Å². The van der Waals surface area contributed by atoms with E-state index < -0.39 is 5.60 Å². The summed E-state index contributed by atoms with van der Waals surface area (Å²) in [6.45, 7) is 8.89. The number of carbonyl (C=O) groups is 1. The predicted octanol–water partition coefficient (Wildman–Crippen LogP) is 3.77. The van der Waals surface area contributed by atoms with Crippen LogP contribution in [0.1, 0.15) is 65.7 Å². The van der Waals surface area contributed by atoms with Gasteiger partial charge in [0.25, 0.3) is 0 Å². The van der Waals surface area contributed by atoms with Crippen LogP contribution in [0.4, 0.5) is 4.79 Å². The Kier molecular flexibility index (Phi) is 11.0. The highest BCUT2D eigenvalue weighted by atomic mass is 127. The van der Waals surface area contributed by atoms with Crippen LogP contribution < -0.4 is 10.6 Å². The van der Waals surface area contributed by atoms with E-state index in [1.54, 1.807) is 14.2 Å². The SMILES string of the molecule is CN=C(NCC1CCCCN1C(=O)OC(C)(C)C)NCC1(CCOC)CCC1.I. The molecule has 1 saturated heterocycles. The zero-order valence-corrected chi connectivity index (χ0v) is 21.2. The minimum Gasteiger partial charge on any atom is -0.444 e. The van der Waals surface area contributed by atoms with Gasteiger partial charge in [0.15, 0.2) is 5.96 Å². The number of nitrogens with zero attached hydrogens (tertiary/aromatic N) is 2. The monoisotopic (exact) mass is 524 g/mol. The van der Waals surface area contributed by atoms with E-state index in [0.717, 1.165) is 51.3 Å². The number of aliphatic imine (C=N–C) groups is 1. The maximum atomic E-state index is 12.6. The molecule has 2 rings (SSSR count). The quantitative estimate of drug-likeness (QED) is 0.302. The lowest BCUT2D eigenvalue weighted by Crippen LogP contribution is -2.53. The summed E-state index contributed by atoms with van der Waals surface area (Å²) in [6.07, 6.45) is 7.82. The lowest BCUT2D eigenvalue weighted by molar-refractivity contribution is 0.0104. The molecule has 1 amide bonds. The van der Waals surface area contributed by atoms with Gasteiger partial charge in [-0.3, -0.25) is 4.99 Å². The average molecular weight is 524 g/mol. The highest BCUT2D eigenvalue weighted by Crippen LogP contribution is 2.43. The standard InChI is InChI=1S/C21H40N4O3.HI/c1-20(2,3)28-19(26)25-13-7-6-9-17(25)15-23-18(22-4)24-16-21(10-8-11-21)12-14-27-5;/h17H,6-16H2,1-5H3,(H2,22,23,24);1H. The Balaban J connectivity index is 0.00000420. The number of methoxy groups -OCH3 is 1. The fourth-order valence-electron chi connectivity index (χ4n) is 3.99. The molecule has 1 saturated carbocycles. The molecular formula is C21H41IN4O3. The van der Waals surface area contributed by atoms with Gasteiger partial charge >= 0.3 is 6.09 Å². The van der Waals surface area contributed by atoms with Gasteiger partial charge in [0, 0.05) is 40.4 Å². The van der Waals surface area contributed by atoms with E-state index in [9.17, 15) is 4.79 Å². The third-order valence-electron chi connectivity index (χ3n) is 5.87. The predicted molar refractivity (Wildman–Crippen MR) is 128 cm³/mol. The van der Waals surface area contributed by atoms with Crippen molar-refractivity contribution in [3.05, 3.63) is 0 Å². The zero-order chi connectivity index (χ0) is 20.6. The van der Waals surface area contributed by atoms with Crippen LogP contribution >= 0.6 is 24.0 Å². The Morgan fingerprint density at radius 3 is 2.48 bits per heavy atom. The summed E-state index contributed by atoms with van der Waals surface area (Å²) in [4.78, 5) is 18.8. The Labute approximate surface area is 193 Å². The molecule has 8 heteroatoms. The first-order valence-electron chi connectivity index (χ1n) is 10.7. The minimum atomic E-state index is -0.469. The van der Waals surface area contributed by atoms with Crippen molar-refractivity contribution in [1.29, 1.82) is 0 Å². The van der Waals surface area contributed by atoms with E-state index in [0.29, 0.717) is 12.0 Å². The van der Waals surface area contributed by atoms with Crippen LogP contribution in [0.5, 0.6) is 0 Å². The molecule has 0 radical (unpaired) electrons. The van der Waals surface area contributed by atoms with Crippen molar-refractivity contribution in [1.82, 2.24) is 15.5 Å². The number of hydrogen-bond donors (Lipinski definition) is 2. The fraction of sp³-hybridized carbons (Fsp3) is 0.905. The molecule has 7 nitrogen and oxygen atoms in total. The van der Waals surface area contributed by atoms with Crippen molar-refractivity contribution in [2.75, 3.05) is 40.4 Å². The van der Waals surface area contributed by atoms with Gasteiger partial charge in [-0.25, -0.2) is 4.79 Å². The zero-order valence-electron chi connectivity index (χ0n) is 18.9. The Hall–Kier alpha value is -0.770. The molecule has 1 unspecified atom stereocenters. The molecule has 1 heterocycles. The molecule has 0 bridgehead atoms. The van der Waals surface area contributed by atoms with Crippen molar-refractivity contribution < 1.29 is 14.3 Å². The van der Waals surface area contributed by atoms with Crippen LogP contribution in [0.3, 0.4) is 0 Å². The Morgan fingerprint density at radius 1 is 1.21 bits per heavy atom. The number of guanidine groups is 1. The fourth-order valence-corrected chi connectivity index (χ4v) is 3.99. The number of hydrogen-bond acceptors (Lipinski definition) is 4. The first-order valence-corrected chi connectivity index (χ1v) is 10.7. The first kappa shape index (κ1) is 26.3. The average Bonchev–Trinajstić information content (AvgIpc) is 2.61. The largest absolute Gasteiger partial charge is 0.444 e. The van der Waals surface area contributed by atoms with E-state index in [1.807, 2.05) is 25.7 Å². The van der Waals surface area contributed by atoms with Crippen LogP contribution in [-0.4, -0.2) is 69.0 Å². The number of rotatable bonds is 7. The van der Waals surface area contributed by atoms with Gasteiger partial charge < -0.3 is 25.0 Å². The molecule has 2 N–H and O–H groups in total. The first-order chi connectivity index (χ1) is 13.3.